The second-order valence-electron chi connectivity index (χ2n) is 8.31. The number of fused-ring (bicyclic) bond motifs is 1. The highest BCUT2D eigenvalue weighted by Gasteiger charge is 2.43. The molecule has 8 heteroatoms. The largest absolute Gasteiger partial charge is 0.507 e. The summed E-state index contributed by atoms with van der Waals surface area (Å²) < 4.78 is 16.8. The van der Waals surface area contributed by atoms with Crippen LogP contribution in [0.1, 0.15) is 39.0 Å². The number of rotatable bonds is 8. The van der Waals surface area contributed by atoms with Crippen molar-refractivity contribution in [2.45, 2.75) is 19.5 Å². The SMILES string of the molecule is C=CCOc1ccc([C@H]2c3c(-c4cc(C)ccc4O)n[nH]c3C(=O)N2Cc2ccco2)cc1OC. The van der Waals surface area contributed by atoms with Gasteiger partial charge in [0.2, 0.25) is 0 Å². The van der Waals surface area contributed by atoms with E-state index in [-0.39, 0.29) is 18.2 Å². The third kappa shape index (κ3) is 3.93. The number of aromatic hydroxyl groups is 1. The Morgan fingerprint density at radius 3 is 2.83 bits per heavy atom. The quantitative estimate of drug-likeness (QED) is 0.351. The van der Waals surface area contributed by atoms with E-state index in [0.717, 1.165) is 11.1 Å². The Morgan fingerprint density at radius 1 is 1.23 bits per heavy atom. The van der Waals surface area contributed by atoms with Crippen molar-refractivity contribution in [2.24, 2.45) is 0 Å². The van der Waals surface area contributed by atoms with E-state index in [1.54, 1.807) is 36.5 Å². The lowest BCUT2D eigenvalue weighted by Crippen LogP contribution is -2.29. The number of carbonyl (C=O) groups excluding carboxylic acids is 1. The number of H-pyrrole nitrogens is 1. The number of hydrogen-bond donors (Lipinski definition) is 2. The minimum Gasteiger partial charge on any atom is -0.507 e. The Labute approximate surface area is 202 Å². The highest BCUT2D eigenvalue weighted by molar-refractivity contribution is 6.00. The number of benzene rings is 2. The predicted molar refractivity (Wildman–Crippen MR) is 130 cm³/mol. The van der Waals surface area contributed by atoms with Gasteiger partial charge in [-0.05, 0) is 48.9 Å². The number of furan rings is 1. The van der Waals surface area contributed by atoms with Gasteiger partial charge in [0.25, 0.3) is 5.91 Å². The summed E-state index contributed by atoms with van der Waals surface area (Å²) in [6.07, 6.45) is 3.24. The summed E-state index contributed by atoms with van der Waals surface area (Å²) in [5, 5.41) is 18.0. The lowest BCUT2D eigenvalue weighted by molar-refractivity contribution is 0.0716. The first kappa shape index (κ1) is 22.3. The number of nitrogens with zero attached hydrogens (tertiary/aromatic N) is 2. The lowest BCUT2D eigenvalue weighted by Gasteiger charge is -2.26. The van der Waals surface area contributed by atoms with Gasteiger partial charge in [0.1, 0.15) is 29.5 Å². The number of phenols is 1. The summed E-state index contributed by atoms with van der Waals surface area (Å²) in [5.74, 6) is 1.64. The van der Waals surface area contributed by atoms with Gasteiger partial charge in [0.15, 0.2) is 11.5 Å². The van der Waals surface area contributed by atoms with Crippen LogP contribution in [0.25, 0.3) is 11.3 Å². The van der Waals surface area contributed by atoms with Gasteiger partial charge in [-0.2, -0.15) is 5.10 Å². The molecule has 4 aromatic rings. The minimum absolute atomic E-state index is 0.0892. The van der Waals surface area contributed by atoms with Crippen molar-refractivity contribution >= 4 is 5.91 Å². The van der Waals surface area contributed by atoms with Gasteiger partial charge in [0, 0.05) is 11.1 Å². The maximum atomic E-state index is 13.5. The van der Waals surface area contributed by atoms with Crippen LogP contribution >= 0.6 is 0 Å². The number of nitrogens with one attached hydrogen (secondary N) is 1. The zero-order chi connectivity index (χ0) is 24.5. The van der Waals surface area contributed by atoms with E-state index < -0.39 is 6.04 Å². The average Bonchev–Trinajstić information content (AvgIpc) is 3.59. The van der Waals surface area contributed by atoms with Gasteiger partial charge in [-0.1, -0.05) is 30.4 Å². The van der Waals surface area contributed by atoms with Gasteiger partial charge in [-0.15, -0.1) is 0 Å². The molecular weight excluding hydrogens is 446 g/mol. The maximum Gasteiger partial charge on any atom is 0.273 e. The number of methoxy groups -OCH3 is 1. The summed E-state index contributed by atoms with van der Waals surface area (Å²) in [4.78, 5) is 15.3. The zero-order valence-corrected chi connectivity index (χ0v) is 19.4. The van der Waals surface area contributed by atoms with Crippen molar-refractivity contribution in [1.29, 1.82) is 0 Å². The van der Waals surface area contributed by atoms with Crippen molar-refractivity contribution in [3.63, 3.8) is 0 Å². The molecule has 0 saturated carbocycles. The smallest absolute Gasteiger partial charge is 0.273 e. The molecular formula is C27H25N3O5. The molecule has 35 heavy (non-hydrogen) atoms. The first-order valence-corrected chi connectivity index (χ1v) is 11.1. The van der Waals surface area contributed by atoms with Gasteiger partial charge in [0.05, 0.1) is 26.0 Å². The molecule has 1 aliphatic rings. The Kier molecular flexibility index (Phi) is 5.78. The Bertz CT molecular complexity index is 1390. The molecule has 3 heterocycles. The summed E-state index contributed by atoms with van der Waals surface area (Å²) in [7, 11) is 1.57. The number of aromatic nitrogens is 2. The standard InChI is InChI=1S/C27H25N3O5/c1-4-11-35-21-10-8-17(14-22(21)33-3)26-23-24(19-13-16(2)7-9-20(19)31)28-29-25(23)27(32)30(26)15-18-6-5-12-34-18/h4-10,12-14,26,31H,1,11,15H2,2-3H3,(H,28,29)/t26-/m0/s1. The van der Waals surface area contributed by atoms with Crippen molar-refractivity contribution < 1.29 is 23.8 Å². The number of carbonyl (C=O) groups is 1. The fraction of sp³-hybridized carbons (Fsp3) is 0.185. The summed E-state index contributed by atoms with van der Waals surface area (Å²) in [5.41, 5.74) is 3.91. The fourth-order valence-corrected chi connectivity index (χ4v) is 4.44. The topological polar surface area (TPSA) is 101 Å². The first-order chi connectivity index (χ1) is 17.0. The number of phenolic OH excluding ortho intramolecular Hbond substituents is 1. The maximum absolute atomic E-state index is 13.5. The second-order valence-corrected chi connectivity index (χ2v) is 8.31. The molecule has 2 aromatic heterocycles. The summed E-state index contributed by atoms with van der Waals surface area (Å²) >= 11 is 0. The Hall–Kier alpha value is -4.46. The molecule has 5 rings (SSSR count). The molecule has 0 fully saturated rings. The van der Waals surface area contributed by atoms with Crippen LogP contribution in [-0.2, 0) is 6.54 Å². The van der Waals surface area contributed by atoms with Gasteiger partial charge in [-0.3, -0.25) is 9.89 Å². The van der Waals surface area contributed by atoms with Crippen molar-refractivity contribution in [2.75, 3.05) is 13.7 Å². The molecule has 0 aliphatic carbocycles. The highest BCUT2D eigenvalue weighted by Crippen LogP contribution is 2.46. The normalized spacial score (nSPS) is 14.7. The molecule has 2 aromatic carbocycles. The number of aromatic amines is 1. The third-order valence-electron chi connectivity index (χ3n) is 6.04. The summed E-state index contributed by atoms with van der Waals surface area (Å²) in [6, 6.07) is 14.0. The van der Waals surface area contributed by atoms with Crippen LogP contribution in [0.2, 0.25) is 0 Å². The Balaban J connectivity index is 1.66. The van der Waals surface area contributed by atoms with E-state index in [4.69, 9.17) is 13.9 Å². The van der Waals surface area contributed by atoms with E-state index in [2.05, 4.69) is 16.8 Å². The molecule has 0 spiro atoms. The van der Waals surface area contributed by atoms with E-state index in [9.17, 15) is 9.90 Å². The molecule has 2 N–H and O–H groups in total. The zero-order valence-electron chi connectivity index (χ0n) is 19.4. The monoisotopic (exact) mass is 471 g/mol. The first-order valence-electron chi connectivity index (χ1n) is 11.1. The van der Waals surface area contributed by atoms with Crippen molar-refractivity contribution in [3.05, 3.63) is 95.6 Å². The second kappa shape index (κ2) is 9.06. The van der Waals surface area contributed by atoms with E-state index >= 15 is 0 Å². The van der Waals surface area contributed by atoms with Gasteiger partial charge >= 0.3 is 0 Å². The average molecular weight is 472 g/mol. The minimum atomic E-state index is -0.501. The van der Waals surface area contributed by atoms with Crippen LogP contribution in [0, 0.1) is 6.92 Å². The fourth-order valence-electron chi connectivity index (χ4n) is 4.44. The van der Waals surface area contributed by atoms with Crippen LogP contribution in [0.4, 0.5) is 0 Å². The lowest BCUT2D eigenvalue weighted by atomic mass is 9.94. The molecule has 8 nitrogen and oxygen atoms in total. The predicted octanol–water partition coefficient (Wildman–Crippen LogP) is 5.00. The molecule has 0 unspecified atom stereocenters. The van der Waals surface area contributed by atoms with Crippen molar-refractivity contribution in [3.8, 4) is 28.5 Å². The van der Waals surface area contributed by atoms with Crippen molar-refractivity contribution in [1.82, 2.24) is 15.1 Å². The molecule has 0 bridgehead atoms. The molecule has 0 saturated heterocycles. The van der Waals surface area contributed by atoms with Crippen LogP contribution in [0.5, 0.6) is 17.2 Å². The highest BCUT2D eigenvalue weighted by atomic mass is 16.5. The van der Waals surface area contributed by atoms with E-state index in [1.807, 2.05) is 43.3 Å². The Morgan fingerprint density at radius 2 is 2.09 bits per heavy atom. The van der Waals surface area contributed by atoms with Crippen LogP contribution in [-0.4, -0.2) is 39.8 Å². The number of amides is 1. The molecule has 1 amide bonds. The number of hydrogen-bond acceptors (Lipinski definition) is 6. The van der Waals surface area contributed by atoms with Crippen LogP contribution < -0.4 is 9.47 Å². The molecule has 0 radical (unpaired) electrons. The number of ether oxygens (including phenoxy) is 2. The van der Waals surface area contributed by atoms with Gasteiger partial charge in [-0.25, -0.2) is 0 Å². The number of aryl methyl sites for hydroxylation is 1. The third-order valence-corrected chi connectivity index (χ3v) is 6.04. The van der Waals surface area contributed by atoms with Crippen LogP contribution in [0.15, 0.2) is 71.9 Å². The van der Waals surface area contributed by atoms with E-state index in [1.165, 1.54) is 0 Å². The molecule has 1 atom stereocenters. The van der Waals surface area contributed by atoms with E-state index in [0.29, 0.717) is 46.4 Å². The molecule has 178 valence electrons. The van der Waals surface area contributed by atoms with Gasteiger partial charge < -0.3 is 23.9 Å². The molecule has 1 aliphatic heterocycles. The summed E-state index contributed by atoms with van der Waals surface area (Å²) in [6.45, 7) is 6.22. The van der Waals surface area contributed by atoms with Crippen LogP contribution in [0.3, 0.4) is 0 Å².